The molecule has 4 heteroatoms. The van der Waals surface area contributed by atoms with Gasteiger partial charge < -0.3 is 10.6 Å². The number of carbonyl (C=O) groups excluding carboxylic acids is 1. The van der Waals surface area contributed by atoms with Crippen molar-refractivity contribution in [2.24, 2.45) is 0 Å². The summed E-state index contributed by atoms with van der Waals surface area (Å²) in [6.07, 6.45) is 0. The molecule has 0 saturated heterocycles. The molecular formula is C12H15N3O. The molecule has 1 aromatic rings. The molecule has 0 spiro atoms. The van der Waals surface area contributed by atoms with Gasteiger partial charge in [0, 0.05) is 26.6 Å². The van der Waals surface area contributed by atoms with Gasteiger partial charge in [0.05, 0.1) is 11.6 Å². The Labute approximate surface area is 95.3 Å². The zero-order chi connectivity index (χ0) is 11.8. The van der Waals surface area contributed by atoms with Crippen LogP contribution >= 0.6 is 0 Å². The number of nitrogens with zero attached hydrogens (tertiary/aromatic N) is 1. The number of rotatable bonds is 5. The highest BCUT2D eigenvalue weighted by atomic mass is 16.1. The van der Waals surface area contributed by atoms with Crippen molar-refractivity contribution in [1.29, 1.82) is 5.26 Å². The maximum absolute atomic E-state index is 10.6. The number of amides is 1. The molecule has 0 aliphatic heterocycles. The van der Waals surface area contributed by atoms with E-state index in [9.17, 15) is 4.79 Å². The fourth-order valence-electron chi connectivity index (χ4n) is 1.31. The number of carbonyl (C=O) groups is 1. The molecule has 0 bridgehead atoms. The van der Waals surface area contributed by atoms with Gasteiger partial charge in [-0.2, -0.15) is 5.26 Å². The molecule has 0 aliphatic rings. The monoisotopic (exact) mass is 217 g/mol. The number of benzene rings is 1. The first-order chi connectivity index (χ1) is 7.72. The van der Waals surface area contributed by atoms with Crippen LogP contribution in [0.5, 0.6) is 0 Å². The minimum atomic E-state index is -0.0201. The summed E-state index contributed by atoms with van der Waals surface area (Å²) in [6.45, 7) is 3.54. The lowest BCUT2D eigenvalue weighted by Gasteiger charge is -2.05. The zero-order valence-corrected chi connectivity index (χ0v) is 9.29. The van der Waals surface area contributed by atoms with Crippen LogP contribution in [0.1, 0.15) is 18.1 Å². The number of nitrogens with one attached hydrogen (secondary N) is 2. The first-order valence-electron chi connectivity index (χ1n) is 5.16. The summed E-state index contributed by atoms with van der Waals surface area (Å²) in [5, 5.41) is 14.6. The smallest absolute Gasteiger partial charge is 0.216 e. The van der Waals surface area contributed by atoms with Gasteiger partial charge >= 0.3 is 0 Å². The van der Waals surface area contributed by atoms with Crippen LogP contribution in [0.15, 0.2) is 24.3 Å². The summed E-state index contributed by atoms with van der Waals surface area (Å²) >= 11 is 0. The number of hydrogen-bond donors (Lipinski definition) is 2. The lowest BCUT2D eigenvalue weighted by Crippen LogP contribution is -2.29. The van der Waals surface area contributed by atoms with E-state index in [0.717, 1.165) is 12.1 Å². The molecule has 16 heavy (non-hydrogen) atoms. The maximum Gasteiger partial charge on any atom is 0.216 e. The Bertz CT molecular complexity index is 395. The third kappa shape index (κ3) is 4.58. The average molecular weight is 217 g/mol. The SMILES string of the molecule is CC(=O)NCCNCc1cccc(C#N)c1. The summed E-state index contributed by atoms with van der Waals surface area (Å²) in [5.74, 6) is -0.0201. The first kappa shape index (κ1) is 12.2. The minimum Gasteiger partial charge on any atom is -0.355 e. The van der Waals surface area contributed by atoms with Crippen LogP contribution in [0.2, 0.25) is 0 Å². The minimum absolute atomic E-state index is 0.0201. The summed E-state index contributed by atoms with van der Waals surface area (Å²) in [7, 11) is 0. The van der Waals surface area contributed by atoms with E-state index in [0.29, 0.717) is 18.7 Å². The van der Waals surface area contributed by atoms with Crippen molar-refractivity contribution < 1.29 is 4.79 Å². The third-order valence-corrected chi connectivity index (χ3v) is 2.06. The van der Waals surface area contributed by atoms with Gasteiger partial charge in [0.25, 0.3) is 0 Å². The normalized spacial score (nSPS) is 9.50. The Morgan fingerprint density at radius 3 is 2.94 bits per heavy atom. The summed E-state index contributed by atoms with van der Waals surface area (Å²) in [4.78, 5) is 10.6. The lowest BCUT2D eigenvalue weighted by molar-refractivity contribution is -0.118. The van der Waals surface area contributed by atoms with E-state index in [4.69, 9.17) is 5.26 Å². The van der Waals surface area contributed by atoms with Gasteiger partial charge in [-0.25, -0.2) is 0 Å². The maximum atomic E-state index is 10.6. The predicted octanol–water partition coefficient (Wildman–Crippen LogP) is 0.784. The van der Waals surface area contributed by atoms with Crippen LogP contribution in [0.4, 0.5) is 0 Å². The zero-order valence-electron chi connectivity index (χ0n) is 9.29. The second-order valence-electron chi connectivity index (χ2n) is 3.47. The largest absolute Gasteiger partial charge is 0.355 e. The fourth-order valence-corrected chi connectivity index (χ4v) is 1.31. The second-order valence-corrected chi connectivity index (χ2v) is 3.47. The molecule has 84 valence electrons. The number of hydrogen-bond acceptors (Lipinski definition) is 3. The molecule has 0 aliphatic carbocycles. The molecule has 0 aromatic heterocycles. The predicted molar refractivity (Wildman–Crippen MR) is 61.5 cm³/mol. The Morgan fingerprint density at radius 1 is 1.44 bits per heavy atom. The molecule has 0 atom stereocenters. The Hall–Kier alpha value is -1.86. The molecule has 1 aromatic carbocycles. The van der Waals surface area contributed by atoms with E-state index in [1.807, 2.05) is 18.2 Å². The van der Waals surface area contributed by atoms with Gasteiger partial charge in [0.2, 0.25) is 5.91 Å². The third-order valence-electron chi connectivity index (χ3n) is 2.06. The molecule has 0 unspecified atom stereocenters. The molecular weight excluding hydrogens is 202 g/mol. The Balaban J connectivity index is 2.27. The van der Waals surface area contributed by atoms with E-state index in [-0.39, 0.29) is 5.91 Å². The van der Waals surface area contributed by atoms with E-state index in [2.05, 4.69) is 16.7 Å². The van der Waals surface area contributed by atoms with Crippen LogP contribution < -0.4 is 10.6 Å². The molecule has 0 heterocycles. The van der Waals surface area contributed by atoms with Gasteiger partial charge in [-0.05, 0) is 17.7 Å². The van der Waals surface area contributed by atoms with Crippen molar-refractivity contribution in [1.82, 2.24) is 10.6 Å². The van der Waals surface area contributed by atoms with Crippen LogP contribution in [-0.2, 0) is 11.3 Å². The van der Waals surface area contributed by atoms with Crippen molar-refractivity contribution in [3.05, 3.63) is 35.4 Å². The standard InChI is InChI=1S/C12H15N3O/c1-10(16)15-6-5-14-9-12-4-2-3-11(7-12)8-13/h2-4,7,14H,5-6,9H2,1H3,(H,15,16). The molecule has 0 saturated carbocycles. The van der Waals surface area contributed by atoms with E-state index in [1.54, 1.807) is 6.07 Å². The van der Waals surface area contributed by atoms with Crippen molar-refractivity contribution >= 4 is 5.91 Å². The van der Waals surface area contributed by atoms with Gasteiger partial charge in [-0.15, -0.1) is 0 Å². The molecule has 0 radical (unpaired) electrons. The highest BCUT2D eigenvalue weighted by Gasteiger charge is 1.95. The van der Waals surface area contributed by atoms with Crippen LogP contribution in [0, 0.1) is 11.3 Å². The van der Waals surface area contributed by atoms with Gasteiger partial charge in [0.15, 0.2) is 0 Å². The fraction of sp³-hybridized carbons (Fsp3) is 0.333. The Morgan fingerprint density at radius 2 is 2.25 bits per heavy atom. The van der Waals surface area contributed by atoms with E-state index >= 15 is 0 Å². The summed E-state index contributed by atoms with van der Waals surface area (Å²) < 4.78 is 0. The molecule has 4 nitrogen and oxygen atoms in total. The Kier molecular flexibility index (Phi) is 5.03. The van der Waals surface area contributed by atoms with Crippen molar-refractivity contribution in [2.75, 3.05) is 13.1 Å². The van der Waals surface area contributed by atoms with Crippen molar-refractivity contribution in [3.63, 3.8) is 0 Å². The molecule has 2 N–H and O–H groups in total. The summed E-state index contributed by atoms with van der Waals surface area (Å²) in [5.41, 5.74) is 1.74. The van der Waals surface area contributed by atoms with Crippen LogP contribution in [0.25, 0.3) is 0 Å². The summed E-state index contributed by atoms with van der Waals surface area (Å²) in [6, 6.07) is 9.56. The van der Waals surface area contributed by atoms with Crippen molar-refractivity contribution in [2.45, 2.75) is 13.5 Å². The lowest BCUT2D eigenvalue weighted by atomic mass is 10.1. The quantitative estimate of drug-likeness (QED) is 0.716. The average Bonchev–Trinajstić information content (AvgIpc) is 2.28. The molecule has 1 rings (SSSR count). The number of nitriles is 1. The van der Waals surface area contributed by atoms with Crippen molar-refractivity contribution in [3.8, 4) is 6.07 Å². The van der Waals surface area contributed by atoms with Gasteiger partial charge in [-0.3, -0.25) is 4.79 Å². The van der Waals surface area contributed by atoms with Gasteiger partial charge in [-0.1, -0.05) is 12.1 Å². The van der Waals surface area contributed by atoms with Crippen LogP contribution in [0.3, 0.4) is 0 Å². The topological polar surface area (TPSA) is 64.9 Å². The first-order valence-corrected chi connectivity index (χ1v) is 5.16. The van der Waals surface area contributed by atoms with E-state index < -0.39 is 0 Å². The second kappa shape index (κ2) is 6.59. The van der Waals surface area contributed by atoms with Crippen LogP contribution in [-0.4, -0.2) is 19.0 Å². The van der Waals surface area contributed by atoms with Gasteiger partial charge in [0.1, 0.15) is 0 Å². The molecule has 0 fully saturated rings. The highest BCUT2D eigenvalue weighted by Crippen LogP contribution is 2.03. The van der Waals surface area contributed by atoms with E-state index in [1.165, 1.54) is 6.92 Å². The molecule has 1 amide bonds. The highest BCUT2D eigenvalue weighted by molar-refractivity contribution is 5.72.